The van der Waals surface area contributed by atoms with Gasteiger partial charge in [0.2, 0.25) is 0 Å². The number of pyridine rings is 1. The number of para-hydroxylation sites is 1. The molecule has 0 aliphatic rings. The van der Waals surface area contributed by atoms with E-state index in [2.05, 4.69) is 16.5 Å². The molecule has 0 saturated heterocycles. The summed E-state index contributed by atoms with van der Waals surface area (Å²) in [4.78, 5) is 4.32. The summed E-state index contributed by atoms with van der Waals surface area (Å²) in [5.74, 6) is 0. The van der Waals surface area contributed by atoms with E-state index in [9.17, 15) is 5.26 Å². The fraction of sp³-hybridized carbons (Fsp3) is 0.125. The lowest BCUT2D eigenvalue weighted by molar-refractivity contribution is 0.882. The summed E-state index contributed by atoms with van der Waals surface area (Å²) in [6.07, 6.45) is 1.61. The van der Waals surface area contributed by atoms with Crippen molar-refractivity contribution in [3.8, 4) is 6.07 Å². The van der Waals surface area contributed by atoms with Gasteiger partial charge in [-0.2, -0.15) is 5.26 Å². The molecule has 0 radical (unpaired) electrons. The third-order valence-corrected chi connectivity index (χ3v) is 3.39. The number of anilines is 1. The zero-order valence-electron chi connectivity index (χ0n) is 11.4. The first-order chi connectivity index (χ1) is 9.70. The summed E-state index contributed by atoms with van der Waals surface area (Å²) in [7, 11) is 0. The minimum Gasteiger partial charge on any atom is -0.292 e. The van der Waals surface area contributed by atoms with Crippen LogP contribution in [0.25, 0.3) is 10.9 Å². The van der Waals surface area contributed by atoms with Crippen molar-refractivity contribution >= 4 is 16.6 Å². The molecule has 0 spiro atoms. The molecule has 2 aromatic heterocycles. The van der Waals surface area contributed by atoms with Crippen LogP contribution in [0.15, 0.2) is 42.6 Å². The van der Waals surface area contributed by atoms with E-state index in [0.29, 0.717) is 5.56 Å². The molecule has 0 aliphatic heterocycles. The lowest BCUT2D eigenvalue weighted by atomic mass is 10.1. The molecule has 1 N–H and O–H groups in total. The maximum atomic E-state index is 9.31. The topological polar surface area (TPSA) is 53.6 Å². The summed E-state index contributed by atoms with van der Waals surface area (Å²) in [5.41, 5.74) is 7.72. The smallest absolute Gasteiger partial charge is 0.103 e. The van der Waals surface area contributed by atoms with Gasteiger partial charge in [0, 0.05) is 23.0 Å². The molecule has 2 heterocycles. The maximum Gasteiger partial charge on any atom is 0.103 e. The summed E-state index contributed by atoms with van der Waals surface area (Å²) >= 11 is 0. The Hall–Kier alpha value is -2.80. The quantitative estimate of drug-likeness (QED) is 0.770. The van der Waals surface area contributed by atoms with Crippen LogP contribution in [0.4, 0.5) is 5.69 Å². The van der Waals surface area contributed by atoms with Crippen LogP contribution in [0.3, 0.4) is 0 Å². The number of nitrogens with zero attached hydrogens (tertiary/aromatic N) is 3. The molecule has 4 heteroatoms. The third kappa shape index (κ3) is 1.90. The largest absolute Gasteiger partial charge is 0.292 e. The molecule has 98 valence electrons. The number of nitrogens with one attached hydrogen (secondary N) is 1. The van der Waals surface area contributed by atoms with Gasteiger partial charge in [-0.3, -0.25) is 15.1 Å². The Balaban J connectivity index is 2.22. The molecule has 0 bridgehead atoms. The van der Waals surface area contributed by atoms with E-state index in [1.165, 1.54) is 0 Å². The Kier molecular flexibility index (Phi) is 2.88. The minimum atomic E-state index is 0.538. The van der Waals surface area contributed by atoms with Gasteiger partial charge in [0.25, 0.3) is 0 Å². The Morgan fingerprint density at radius 2 is 1.80 bits per heavy atom. The van der Waals surface area contributed by atoms with Crippen molar-refractivity contribution in [1.29, 1.82) is 5.26 Å². The molecule has 20 heavy (non-hydrogen) atoms. The molecular formula is C16H14N4. The van der Waals surface area contributed by atoms with E-state index < -0.39 is 0 Å². The molecule has 0 unspecified atom stereocenters. The number of benzene rings is 1. The van der Waals surface area contributed by atoms with Gasteiger partial charge >= 0.3 is 0 Å². The highest BCUT2D eigenvalue weighted by molar-refractivity contribution is 5.93. The van der Waals surface area contributed by atoms with E-state index in [1.54, 1.807) is 6.20 Å². The highest BCUT2D eigenvalue weighted by Gasteiger charge is 2.10. The molecule has 1 aromatic carbocycles. The lowest BCUT2D eigenvalue weighted by Crippen LogP contribution is -2.13. The number of fused-ring (bicyclic) bond motifs is 1. The van der Waals surface area contributed by atoms with Crippen LogP contribution in [0.1, 0.15) is 17.0 Å². The van der Waals surface area contributed by atoms with Gasteiger partial charge in [0.1, 0.15) is 6.07 Å². The number of rotatable bonds is 2. The average Bonchev–Trinajstić information content (AvgIpc) is 2.79. The zero-order valence-corrected chi connectivity index (χ0v) is 11.4. The molecule has 0 aliphatic carbocycles. The van der Waals surface area contributed by atoms with Crippen molar-refractivity contribution in [3.05, 3.63) is 59.5 Å². The van der Waals surface area contributed by atoms with E-state index in [-0.39, 0.29) is 0 Å². The molecule has 3 rings (SSSR count). The van der Waals surface area contributed by atoms with E-state index in [0.717, 1.165) is 28.0 Å². The molecule has 0 amide bonds. The van der Waals surface area contributed by atoms with Crippen LogP contribution >= 0.6 is 0 Å². The van der Waals surface area contributed by atoms with Crippen molar-refractivity contribution in [2.24, 2.45) is 0 Å². The van der Waals surface area contributed by atoms with Gasteiger partial charge in [-0.25, -0.2) is 0 Å². The Morgan fingerprint density at radius 1 is 1.10 bits per heavy atom. The van der Waals surface area contributed by atoms with Crippen molar-refractivity contribution in [2.45, 2.75) is 13.8 Å². The standard InChI is InChI=1S/C16H14N4/c1-11-7-8-12(2)20(11)19-16-13(9-17)10-18-15-6-4-3-5-14(15)16/h3-8,10H,1-2H3,(H,18,19). The first kappa shape index (κ1) is 12.2. The maximum absolute atomic E-state index is 9.31. The number of nitriles is 1. The van der Waals surface area contributed by atoms with E-state index in [1.807, 2.05) is 54.9 Å². The summed E-state index contributed by atoms with van der Waals surface area (Å²) in [6, 6.07) is 14.1. The number of hydrogen-bond acceptors (Lipinski definition) is 3. The second kappa shape index (κ2) is 4.71. The van der Waals surface area contributed by atoms with Crippen LogP contribution in [0, 0.1) is 25.2 Å². The molecule has 0 fully saturated rings. The number of hydrogen-bond donors (Lipinski definition) is 1. The highest BCUT2D eigenvalue weighted by atomic mass is 15.4. The molecule has 0 saturated carbocycles. The van der Waals surface area contributed by atoms with E-state index >= 15 is 0 Å². The van der Waals surface area contributed by atoms with Gasteiger partial charge in [-0.1, -0.05) is 18.2 Å². The Bertz CT molecular complexity index is 805. The summed E-state index contributed by atoms with van der Waals surface area (Å²) in [5, 5.41) is 10.2. The van der Waals surface area contributed by atoms with Crippen molar-refractivity contribution in [3.63, 3.8) is 0 Å². The van der Waals surface area contributed by atoms with Gasteiger partial charge in [0.15, 0.2) is 0 Å². The van der Waals surface area contributed by atoms with E-state index in [4.69, 9.17) is 0 Å². The van der Waals surface area contributed by atoms with Crippen molar-refractivity contribution < 1.29 is 0 Å². The monoisotopic (exact) mass is 262 g/mol. The van der Waals surface area contributed by atoms with Crippen LogP contribution in [0.2, 0.25) is 0 Å². The van der Waals surface area contributed by atoms with Crippen LogP contribution in [0.5, 0.6) is 0 Å². The fourth-order valence-electron chi connectivity index (χ4n) is 2.30. The average molecular weight is 262 g/mol. The van der Waals surface area contributed by atoms with Crippen LogP contribution in [-0.4, -0.2) is 9.66 Å². The molecule has 4 nitrogen and oxygen atoms in total. The van der Waals surface area contributed by atoms with Crippen molar-refractivity contribution in [1.82, 2.24) is 9.66 Å². The van der Waals surface area contributed by atoms with Gasteiger partial charge in [-0.15, -0.1) is 0 Å². The Labute approximate surface area is 117 Å². The predicted molar refractivity (Wildman–Crippen MR) is 79.4 cm³/mol. The molecular weight excluding hydrogens is 248 g/mol. The zero-order chi connectivity index (χ0) is 14.1. The number of aromatic nitrogens is 2. The minimum absolute atomic E-state index is 0.538. The second-order valence-corrected chi connectivity index (χ2v) is 4.74. The fourth-order valence-corrected chi connectivity index (χ4v) is 2.30. The first-order valence-electron chi connectivity index (χ1n) is 6.40. The SMILES string of the molecule is Cc1ccc(C)n1Nc1c(C#N)cnc2ccccc12. The van der Waals surface area contributed by atoms with Gasteiger partial charge in [-0.05, 0) is 32.0 Å². The predicted octanol–water partition coefficient (Wildman–Crippen LogP) is 3.40. The normalized spacial score (nSPS) is 10.4. The van der Waals surface area contributed by atoms with Gasteiger partial charge in [0.05, 0.1) is 16.8 Å². The van der Waals surface area contributed by atoms with Crippen LogP contribution < -0.4 is 5.43 Å². The molecule has 0 atom stereocenters. The third-order valence-electron chi connectivity index (χ3n) is 3.39. The highest BCUT2D eigenvalue weighted by Crippen LogP contribution is 2.26. The summed E-state index contributed by atoms with van der Waals surface area (Å²) < 4.78 is 1.97. The Morgan fingerprint density at radius 3 is 2.50 bits per heavy atom. The first-order valence-corrected chi connectivity index (χ1v) is 6.40. The van der Waals surface area contributed by atoms with Gasteiger partial charge < -0.3 is 0 Å². The number of aryl methyl sites for hydroxylation is 2. The van der Waals surface area contributed by atoms with Crippen LogP contribution in [-0.2, 0) is 0 Å². The molecule has 3 aromatic rings. The lowest BCUT2D eigenvalue weighted by Gasteiger charge is -2.15. The second-order valence-electron chi connectivity index (χ2n) is 4.74. The summed E-state index contributed by atoms with van der Waals surface area (Å²) in [6.45, 7) is 4.05. The van der Waals surface area contributed by atoms with Crippen molar-refractivity contribution in [2.75, 3.05) is 5.43 Å².